The van der Waals surface area contributed by atoms with Crippen molar-refractivity contribution in [1.29, 1.82) is 0 Å². The van der Waals surface area contributed by atoms with E-state index in [-0.39, 0.29) is 0 Å². The number of nitrogens with one attached hydrogen (secondary N) is 2. The Kier molecular flexibility index (Phi) is 5.92. The summed E-state index contributed by atoms with van der Waals surface area (Å²) in [5.41, 5.74) is 2.68. The molecule has 34 heavy (non-hydrogen) atoms. The van der Waals surface area contributed by atoms with Crippen LogP contribution in [-0.2, 0) is 0 Å². The largest absolute Gasteiger partial charge is 0.354 e. The van der Waals surface area contributed by atoms with E-state index in [1.165, 1.54) is 25.7 Å². The van der Waals surface area contributed by atoms with Gasteiger partial charge in [-0.2, -0.15) is 9.97 Å². The van der Waals surface area contributed by atoms with E-state index in [0.717, 1.165) is 86.8 Å². The first kappa shape index (κ1) is 21.5. The summed E-state index contributed by atoms with van der Waals surface area (Å²) in [7, 11) is 2.17. The minimum atomic E-state index is 0.480. The molecule has 0 bridgehead atoms. The van der Waals surface area contributed by atoms with E-state index < -0.39 is 0 Å². The van der Waals surface area contributed by atoms with Crippen LogP contribution < -0.4 is 20.4 Å². The van der Waals surface area contributed by atoms with Crippen LogP contribution in [0.5, 0.6) is 0 Å². The van der Waals surface area contributed by atoms with Gasteiger partial charge in [-0.15, -0.1) is 0 Å². The van der Waals surface area contributed by atoms with Gasteiger partial charge in [0.25, 0.3) is 0 Å². The van der Waals surface area contributed by atoms with E-state index in [1.54, 1.807) is 0 Å². The Hall–Kier alpha value is -2.98. The number of hydrogen-bond acceptors (Lipinski definition) is 9. The van der Waals surface area contributed by atoms with Gasteiger partial charge in [-0.3, -0.25) is 0 Å². The number of pyridine rings is 1. The molecule has 10 heteroatoms. The van der Waals surface area contributed by atoms with Gasteiger partial charge in [0.15, 0.2) is 17.0 Å². The quantitative estimate of drug-likeness (QED) is 0.592. The molecule has 180 valence electrons. The Morgan fingerprint density at radius 2 is 1.71 bits per heavy atom. The lowest BCUT2D eigenvalue weighted by Gasteiger charge is -2.32. The van der Waals surface area contributed by atoms with Crippen molar-refractivity contribution in [3.8, 4) is 0 Å². The van der Waals surface area contributed by atoms with Gasteiger partial charge in [0.05, 0.1) is 18.2 Å². The molecule has 1 aliphatic carbocycles. The number of imidazole rings is 1. The molecule has 5 heterocycles. The predicted molar refractivity (Wildman–Crippen MR) is 135 cm³/mol. The number of piperazine rings is 2. The van der Waals surface area contributed by atoms with Gasteiger partial charge in [-0.1, -0.05) is 12.8 Å². The number of hydrogen-bond donors (Lipinski definition) is 2. The van der Waals surface area contributed by atoms with Crippen molar-refractivity contribution in [2.45, 2.75) is 31.7 Å². The minimum absolute atomic E-state index is 0.480. The molecule has 10 nitrogen and oxygen atoms in total. The highest BCUT2D eigenvalue weighted by Gasteiger charge is 2.24. The van der Waals surface area contributed by atoms with E-state index in [4.69, 9.17) is 19.9 Å². The summed E-state index contributed by atoms with van der Waals surface area (Å²) in [6.07, 6.45) is 8.79. The fourth-order valence-electron chi connectivity index (χ4n) is 5.27. The Bertz CT molecular complexity index is 1110. The fourth-order valence-corrected chi connectivity index (χ4v) is 5.27. The van der Waals surface area contributed by atoms with Gasteiger partial charge < -0.3 is 29.9 Å². The zero-order chi connectivity index (χ0) is 22.9. The average Bonchev–Trinajstić information content (AvgIpc) is 3.56. The van der Waals surface area contributed by atoms with E-state index in [2.05, 4.69) is 49.1 Å². The molecule has 3 aromatic heterocycles. The van der Waals surface area contributed by atoms with Crippen LogP contribution in [0.25, 0.3) is 11.2 Å². The number of fused-ring (bicyclic) bond motifs is 1. The zero-order valence-electron chi connectivity index (χ0n) is 19.9. The van der Waals surface area contributed by atoms with Crippen molar-refractivity contribution in [2.75, 3.05) is 74.5 Å². The lowest BCUT2D eigenvalue weighted by molar-refractivity contribution is 0.311. The summed E-state index contributed by atoms with van der Waals surface area (Å²) in [4.78, 5) is 26.4. The molecule has 3 fully saturated rings. The molecule has 2 N–H and O–H groups in total. The fraction of sp³-hybridized carbons (Fsp3) is 0.583. The molecule has 2 saturated heterocycles. The normalized spacial score (nSPS) is 20.4. The number of nitrogens with zero attached hydrogens (tertiary/aromatic N) is 8. The van der Waals surface area contributed by atoms with Crippen LogP contribution in [0.15, 0.2) is 24.7 Å². The van der Waals surface area contributed by atoms with Crippen molar-refractivity contribution in [1.82, 2.24) is 34.7 Å². The summed E-state index contributed by atoms with van der Waals surface area (Å²) < 4.78 is 2.28. The highest BCUT2D eigenvalue weighted by molar-refractivity contribution is 5.86. The molecule has 2 aliphatic heterocycles. The van der Waals surface area contributed by atoms with Crippen LogP contribution in [0, 0.1) is 0 Å². The number of aromatic nitrogens is 5. The second-order valence-corrected chi connectivity index (χ2v) is 9.69. The highest BCUT2D eigenvalue weighted by atomic mass is 15.3. The monoisotopic (exact) mass is 462 g/mol. The SMILES string of the molecule is CN1CCN(c2nc(Nc3ccc(N4CCNCC4)nc3)c3ncn(C4CCCC4)c3n2)CC1. The smallest absolute Gasteiger partial charge is 0.229 e. The molecular weight excluding hydrogens is 428 g/mol. The van der Waals surface area contributed by atoms with Gasteiger partial charge >= 0.3 is 0 Å². The van der Waals surface area contributed by atoms with Crippen molar-refractivity contribution in [2.24, 2.45) is 0 Å². The van der Waals surface area contributed by atoms with Gasteiger partial charge in [0.2, 0.25) is 5.95 Å². The topological polar surface area (TPSA) is 90.3 Å². The van der Waals surface area contributed by atoms with Gasteiger partial charge in [-0.25, -0.2) is 9.97 Å². The molecule has 3 aliphatic rings. The van der Waals surface area contributed by atoms with Gasteiger partial charge in [0, 0.05) is 58.4 Å². The lowest BCUT2D eigenvalue weighted by atomic mass is 10.2. The Labute approximate surface area is 200 Å². The third kappa shape index (κ3) is 4.27. The molecule has 0 unspecified atom stereocenters. The summed E-state index contributed by atoms with van der Waals surface area (Å²) in [6, 6.07) is 4.65. The highest BCUT2D eigenvalue weighted by Crippen LogP contribution is 2.34. The Morgan fingerprint density at radius 1 is 0.912 bits per heavy atom. The maximum atomic E-state index is 5.03. The maximum absolute atomic E-state index is 5.03. The zero-order valence-corrected chi connectivity index (χ0v) is 19.9. The third-order valence-electron chi connectivity index (χ3n) is 7.37. The minimum Gasteiger partial charge on any atom is -0.354 e. The molecule has 0 radical (unpaired) electrons. The first-order chi connectivity index (χ1) is 16.7. The van der Waals surface area contributed by atoms with Crippen LogP contribution in [0.3, 0.4) is 0 Å². The van der Waals surface area contributed by atoms with E-state index in [9.17, 15) is 0 Å². The molecule has 3 aromatic rings. The summed E-state index contributed by atoms with van der Waals surface area (Å²) in [5, 5.41) is 6.90. The second-order valence-electron chi connectivity index (χ2n) is 9.69. The van der Waals surface area contributed by atoms with Gasteiger partial charge in [0.1, 0.15) is 5.82 Å². The number of rotatable bonds is 5. The van der Waals surface area contributed by atoms with Crippen LogP contribution in [0.4, 0.5) is 23.3 Å². The Balaban J connectivity index is 1.32. The molecule has 0 spiro atoms. The summed E-state index contributed by atoms with van der Waals surface area (Å²) in [6.45, 7) is 7.87. The average molecular weight is 463 g/mol. The maximum Gasteiger partial charge on any atom is 0.229 e. The number of anilines is 4. The molecule has 1 saturated carbocycles. The van der Waals surface area contributed by atoms with E-state index in [0.29, 0.717) is 6.04 Å². The van der Waals surface area contributed by atoms with Crippen LogP contribution in [0.1, 0.15) is 31.7 Å². The molecule has 0 aromatic carbocycles. The van der Waals surface area contributed by atoms with E-state index >= 15 is 0 Å². The number of likely N-dealkylation sites (N-methyl/N-ethyl adjacent to an activating group) is 1. The first-order valence-corrected chi connectivity index (χ1v) is 12.6. The molecular formula is C24H34N10. The van der Waals surface area contributed by atoms with Crippen molar-refractivity contribution >= 4 is 34.4 Å². The van der Waals surface area contributed by atoms with Crippen molar-refractivity contribution < 1.29 is 0 Å². The van der Waals surface area contributed by atoms with Gasteiger partial charge in [-0.05, 0) is 32.0 Å². The molecule has 0 amide bonds. The van der Waals surface area contributed by atoms with Crippen molar-refractivity contribution in [3.05, 3.63) is 24.7 Å². The second kappa shape index (κ2) is 9.34. The molecule has 0 atom stereocenters. The molecule has 6 rings (SSSR count). The van der Waals surface area contributed by atoms with Crippen LogP contribution >= 0.6 is 0 Å². The standard InChI is InChI=1S/C24H34N10/c1-31-12-14-33(15-13-31)24-29-22(21-23(30-24)34(17-27-21)19-4-2-3-5-19)28-18-6-7-20(26-16-18)32-10-8-25-9-11-32/h6-7,16-17,19,25H,2-5,8-15H2,1H3,(H,28,29,30). The first-order valence-electron chi connectivity index (χ1n) is 12.6. The summed E-state index contributed by atoms with van der Waals surface area (Å²) >= 11 is 0. The summed E-state index contributed by atoms with van der Waals surface area (Å²) in [5.74, 6) is 2.56. The lowest BCUT2D eigenvalue weighted by Crippen LogP contribution is -2.45. The Morgan fingerprint density at radius 3 is 2.44 bits per heavy atom. The predicted octanol–water partition coefficient (Wildman–Crippen LogP) is 2.24. The third-order valence-corrected chi connectivity index (χ3v) is 7.37. The van der Waals surface area contributed by atoms with Crippen molar-refractivity contribution in [3.63, 3.8) is 0 Å². The van der Waals surface area contributed by atoms with Crippen LogP contribution in [-0.4, -0.2) is 88.8 Å². The van der Waals surface area contributed by atoms with Crippen LogP contribution in [0.2, 0.25) is 0 Å². The van der Waals surface area contributed by atoms with E-state index in [1.807, 2.05) is 12.5 Å².